The molecule has 2 aromatic rings. The highest BCUT2D eigenvalue weighted by Crippen LogP contribution is 2.20. The minimum atomic E-state index is 0. The van der Waals surface area contributed by atoms with Crippen LogP contribution in [-0.4, -0.2) is 33.8 Å². The molecule has 2 unspecified atom stereocenters. The maximum Gasteiger partial charge on any atom is 0.191 e. The van der Waals surface area contributed by atoms with E-state index in [-0.39, 0.29) is 30.0 Å². The van der Waals surface area contributed by atoms with Gasteiger partial charge in [-0.2, -0.15) is 0 Å². The van der Waals surface area contributed by atoms with Crippen molar-refractivity contribution in [3.8, 4) is 0 Å². The van der Waals surface area contributed by atoms with Crippen LogP contribution in [0.2, 0.25) is 5.02 Å². The highest BCUT2D eigenvalue weighted by molar-refractivity contribution is 14.0. The molecule has 1 aromatic carbocycles. The number of hydrogen-bond donors (Lipinski definition) is 2. The number of nitrogens with zero attached hydrogens (tertiary/aromatic N) is 4. The van der Waals surface area contributed by atoms with Crippen LogP contribution in [0.15, 0.2) is 29.3 Å². The van der Waals surface area contributed by atoms with Gasteiger partial charge in [-0.05, 0) is 50.8 Å². The van der Waals surface area contributed by atoms with Crippen molar-refractivity contribution in [1.29, 1.82) is 0 Å². The van der Waals surface area contributed by atoms with Gasteiger partial charge in [-0.15, -0.1) is 34.2 Å². The highest BCUT2D eigenvalue weighted by atomic mass is 127. The Kier molecular flexibility index (Phi) is 8.34. The topological polar surface area (TPSA) is 67.1 Å². The summed E-state index contributed by atoms with van der Waals surface area (Å²) in [7, 11) is 0. The molecule has 6 nitrogen and oxygen atoms in total. The average molecular weight is 503 g/mol. The smallest absolute Gasteiger partial charge is 0.191 e. The van der Waals surface area contributed by atoms with Gasteiger partial charge in [0.05, 0.1) is 6.04 Å². The van der Waals surface area contributed by atoms with Crippen LogP contribution in [0.3, 0.4) is 0 Å². The summed E-state index contributed by atoms with van der Waals surface area (Å²) in [5.74, 6) is 3.44. The number of aromatic nitrogens is 3. The van der Waals surface area contributed by atoms with Gasteiger partial charge >= 0.3 is 0 Å². The van der Waals surface area contributed by atoms with Crippen molar-refractivity contribution in [3.63, 3.8) is 0 Å². The van der Waals surface area contributed by atoms with E-state index in [1.165, 1.54) is 0 Å². The molecule has 8 heteroatoms. The summed E-state index contributed by atoms with van der Waals surface area (Å²) >= 11 is 6.11. The number of aliphatic imine (C=N–C) groups is 1. The van der Waals surface area contributed by atoms with Gasteiger partial charge in [0.1, 0.15) is 11.6 Å². The summed E-state index contributed by atoms with van der Waals surface area (Å²) < 4.78 is 2.22. The Morgan fingerprint density at radius 3 is 2.96 bits per heavy atom. The lowest BCUT2D eigenvalue weighted by atomic mass is 9.99. The first kappa shape index (κ1) is 21.9. The van der Waals surface area contributed by atoms with Crippen LogP contribution in [0.1, 0.15) is 43.5 Å². The quantitative estimate of drug-likeness (QED) is 0.371. The summed E-state index contributed by atoms with van der Waals surface area (Å²) in [6.45, 7) is 8.77. The lowest BCUT2D eigenvalue weighted by Crippen LogP contribution is -2.39. The van der Waals surface area contributed by atoms with Gasteiger partial charge in [0.15, 0.2) is 5.96 Å². The number of nitrogens with one attached hydrogen (secondary N) is 2. The van der Waals surface area contributed by atoms with E-state index in [0.717, 1.165) is 60.7 Å². The van der Waals surface area contributed by atoms with Crippen molar-refractivity contribution in [2.75, 3.05) is 13.1 Å². The molecule has 2 N–H and O–H groups in total. The van der Waals surface area contributed by atoms with Crippen LogP contribution in [0.25, 0.3) is 0 Å². The standard InChI is InChI=1S/C19H27ClN6.HI/c1-4-21-19(23-13(2)16-6-5-7-17(20)10-16)22-11-15-8-9-18-25-24-14(3)26(18)12-15;/h5-7,10,13,15H,4,8-9,11-12H2,1-3H3,(H2,21,22,23);1H. The Hall–Kier alpha value is -1.35. The number of aryl methyl sites for hydroxylation is 2. The van der Waals surface area contributed by atoms with Gasteiger partial charge in [-0.25, -0.2) is 0 Å². The van der Waals surface area contributed by atoms with E-state index in [2.05, 4.69) is 45.3 Å². The lowest BCUT2D eigenvalue weighted by Gasteiger charge is -2.23. The predicted molar refractivity (Wildman–Crippen MR) is 121 cm³/mol. The minimum absolute atomic E-state index is 0. The average Bonchev–Trinajstić information content (AvgIpc) is 3.00. The molecule has 0 radical (unpaired) electrons. The zero-order chi connectivity index (χ0) is 18.5. The van der Waals surface area contributed by atoms with Gasteiger partial charge < -0.3 is 15.2 Å². The number of halogens is 2. The fraction of sp³-hybridized carbons (Fsp3) is 0.526. The molecular weight excluding hydrogens is 475 g/mol. The molecule has 0 aliphatic carbocycles. The molecule has 0 saturated carbocycles. The van der Waals surface area contributed by atoms with Gasteiger partial charge in [-0.1, -0.05) is 23.7 Å². The van der Waals surface area contributed by atoms with E-state index in [1.54, 1.807) is 0 Å². The molecule has 1 aliphatic rings. The molecule has 0 bridgehead atoms. The minimum Gasteiger partial charge on any atom is -0.357 e. The Bertz CT molecular complexity index is 775. The molecule has 27 heavy (non-hydrogen) atoms. The van der Waals surface area contributed by atoms with E-state index in [9.17, 15) is 0 Å². The molecule has 1 aliphatic heterocycles. The molecule has 3 rings (SSSR count). The van der Waals surface area contributed by atoms with Crippen LogP contribution in [0.4, 0.5) is 0 Å². The summed E-state index contributed by atoms with van der Waals surface area (Å²) in [5, 5.41) is 16.0. The molecule has 2 atom stereocenters. The van der Waals surface area contributed by atoms with E-state index >= 15 is 0 Å². The number of rotatable bonds is 5. The van der Waals surface area contributed by atoms with E-state index in [0.29, 0.717) is 5.92 Å². The van der Waals surface area contributed by atoms with Gasteiger partial charge in [0.25, 0.3) is 0 Å². The largest absolute Gasteiger partial charge is 0.357 e. The molecule has 0 saturated heterocycles. The third-order valence-corrected chi connectivity index (χ3v) is 5.02. The Morgan fingerprint density at radius 1 is 1.41 bits per heavy atom. The normalized spacial score (nSPS) is 17.6. The van der Waals surface area contributed by atoms with Crippen LogP contribution in [0, 0.1) is 12.8 Å². The first-order valence-corrected chi connectivity index (χ1v) is 9.63. The van der Waals surface area contributed by atoms with Crippen LogP contribution < -0.4 is 10.6 Å². The molecule has 0 amide bonds. The molecular formula is C19H28ClIN6. The number of fused-ring (bicyclic) bond motifs is 1. The van der Waals surface area contributed by atoms with Crippen molar-refractivity contribution in [2.24, 2.45) is 10.9 Å². The van der Waals surface area contributed by atoms with Crippen molar-refractivity contribution in [2.45, 2.75) is 46.2 Å². The predicted octanol–water partition coefficient (Wildman–Crippen LogP) is 3.74. The van der Waals surface area contributed by atoms with Crippen LogP contribution in [-0.2, 0) is 13.0 Å². The second-order valence-electron chi connectivity index (χ2n) is 6.82. The first-order chi connectivity index (χ1) is 12.6. The van der Waals surface area contributed by atoms with E-state index in [1.807, 2.05) is 25.1 Å². The fourth-order valence-corrected chi connectivity index (χ4v) is 3.48. The zero-order valence-corrected chi connectivity index (χ0v) is 19.2. The number of benzene rings is 1. The first-order valence-electron chi connectivity index (χ1n) is 9.25. The Labute approximate surface area is 183 Å². The van der Waals surface area contributed by atoms with E-state index < -0.39 is 0 Å². The van der Waals surface area contributed by atoms with Crippen molar-refractivity contribution in [3.05, 3.63) is 46.5 Å². The Morgan fingerprint density at radius 2 is 2.22 bits per heavy atom. The Balaban J connectivity index is 0.00000261. The van der Waals surface area contributed by atoms with Crippen LogP contribution in [0.5, 0.6) is 0 Å². The van der Waals surface area contributed by atoms with Gasteiger partial charge in [0.2, 0.25) is 0 Å². The van der Waals surface area contributed by atoms with Gasteiger partial charge in [0, 0.05) is 31.1 Å². The summed E-state index contributed by atoms with van der Waals surface area (Å²) in [6, 6.07) is 8.05. The second-order valence-corrected chi connectivity index (χ2v) is 7.26. The molecule has 148 valence electrons. The number of hydrogen-bond acceptors (Lipinski definition) is 3. The van der Waals surface area contributed by atoms with Crippen molar-refractivity contribution >= 4 is 41.5 Å². The molecule has 1 aromatic heterocycles. The summed E-state index contributed by atoms with van der Waals surface area (Å²) in [4.78, 5) is 4.82. The van der Waals surface area contributed by atoms with Crippen LogP contribution >= 0.6 is 35.6 Å². The van der Waals surface area contributed by atoms with Crippen molar-refractivity contribution < 1.29 is 0 Å². The fourth-order valence-electron chi connectivity index (χ4n) is 3.28. The molecule has 0 spiro atoms. The third kappa shape index (κ3) is 5.81. The monoisotopic (exact) mass is 502 g/mol. The third-order valence-electron chi connectivity index (χ3n) is 4.78. The zero-order valence-electron chi connectivity index (χ0n) is 16.1. The molecule has 0 fully saturated rings. The van der Waals surface area contributed by atoms with E-state index in [4.69, 9.17) is 16.6 Å². The maximum atomic E-state index is 6.11. The highest BCUT2D eigenvalue weighted by Gasteiger charge is 2.21. The summed E-state index contributed by atoms with van der Waals surface area (Å²) in [6.07, 6.45) is 2.08. The lowest BCUT2D eigenvalue weighted by molar-refractivity contribution is 0.369. The molecule has 2 heterocycles. The second kappa shape index (κ2) is 10.3. The SMILES string of the molecule is CCNC(=NCC1CCc2nnc(C)n2C1)NC(C)c1cccc(Cl)c1.I. The van der Waals surface area contributed by atoms with Gasteiger partial charge in [-0.3, -0.25) is 4.99 Å². The maximum absolute atomic E-state index is 6.11. The summed E-state index contributed by atoms with van der Waals surface area (Å²) in [5.41, 5.74) is 1.14. The van der Waals surface area contributed by atoms with Crippen molar-refractivity contribution in [1.82, 2.24) is 25.4 Å². The number of guanidine groups is 1.